The maximum Gasteiger partial charge on any atom is 0.237 e. The Kier molecular flexibility index (Phi) is 3.97. The number of hydrogen-bond donors (Lipinski definition) is 2. The van der Waals surface area contributed by atoms with Gasteiger partial charge in [-0.2, -0.15) is 0 Å². The van der Waals surface area contributed by atoms with Gasteiger partial charge in [-0.3, -0.25) is 9.69 Å². The van der Waals surface area contributed by atoms with Gasteiger partial charge in [0.2, 0.25) is 5.91 Å². The Morgan fingerprint density at radius 2 is 2.00 bits per heavy atom. The summed E-state index contributed by atoms with van der Waals surface area (Å²) in [7, 11) is 0. The van der Waals surface area contributed by atoms with E-state index in [1.54, 1.807) is 0 Å². The van der Waals surface area contributed by atoms with E-state index in [1.165, 1.54) is 12.8 Å². The summed E-state index contributed by atoms with van der Waals surface area (Å²) < 4.78 is 0. The number of amides is 1. The zero-order chi connectivity index (χ0) is 13.3. The number of nitrogens with zero attached hydrogens (tertiary/aromatic N) is 1. The van der Waals surface area contributed by atoms with Gasteiger partial charge in [0.1, 0.15) is 0 Å². The molecule has 18 heavy (non-hydrogen) atoms. The molecule has 1 aliphatic carbocycles. The minimum Gasteiger partial charge on any atom is -0.355 e. The highest BCUT2D eigenvalue weighted by molar-refractivity contribution is 5.81. The topological polar surface area (TPSA) is 58.4 Å². The second-order valence-electron chi connectivity index (χ2n) is 6.56. The van der Waals surface area contributed by atoms with Gasteiger partial charge in [0.15, 0.2) is 0 Å². The van der Waals surface area contributed by atoms with Crippen molar-refractivity contribution in [3.05, 3.63) is 0 Å². The van der Waals surface area contributed by atoms with Gasteiger partial charge in [0.25, 0.3) is 0 Å². The van der Waals surface area contributed by atoms with Crippen LogP contribution in [0, 0.1) is 11.8 Å². The van der Waals surface area contributed by atoms with E-state index < -0.39 is 0 Å². The molecular formula is C14H27N3O. The molecule has 0 bridgehead atoms. The number of carbonyl (C=O) groups is 1. The molecule has 1 heterocycles. The zero-order valence-corrected chi connectivity index (χ0v) is 11.9. The van der Waals surface area contributed by atoms with Crippen molar-refractivity contribution < 1.29 is 4.79 Å². The Morgan fingerprint density at radius 1 is 1.39 bits per heavy atom. The van der Waals surface area contributed by atoms with Crippen LogP contribution in [0.25, 0.3) is 0 Å². The van der Waals surface area contributed by atoms with Crippen LogP contribution >= 0.6 is 0 Å². The van der Waals surface area contributed by atoms with E-state index in [-0.39, 0.29) is 17.5 Å². The molecule has 1 amide bonds. The lowest BCUT2D eigenvalue weighted by Crippen LogP contribution is -2.71. The Hall–Kier alpha value is -0.610. The predicted molar refractivity (Wildman–Crippen MR) is 73.1 cm³/mol. The van der Waals surface area contributed by atoms with Crippen LogP contribution in [-0.2, 0) is 4.79 Å². The van der Waals surface area contributed by atoms with Gasteiger partial charge in [-0.25, -0.2) is 0 Å². The maximum atomic E-state index is 12.0. The van der Waals surface area contributed by atoms with Crippen molar-refractivity contribution >= 4 is 5.91 Å². The highest BCUT2D eigenvalue weighted by Crippen LogP contribution is 2.43. The third kappa shape index (κ3) is 3.04. The molecule has 0 spiro atoms. The molecule has 0 aromatic carbocycles. The number of hydrogen-bond acceptors (Lipinski definition) is 3. The van der Waals surface area contributed by atoms with Crippen LogP contribution in [0.4, 0.5) is 0 Å². The lowest BCUT2D eigenvalue weighted by atomic mass is 9.84. The average molecular weight is 253 g/mol. The fourth-order valence-electron chi connectivity index (χ4n) is 2.70. The van der Waals surface area contributed by atoms with Crippen molar-refractivity contribution in [1.82, 2.24) is 10.2 Å². The fraction of sp³-hybridized carbons (Fsp3) is 0.929. The Bertz CT molecular complexity index is 306. The number of nitrogens with one attached hydrogen (secondary N) is 1. The summed E-state index contributed by atoms with van der Waals surface area (Å²) in [6, 6.07) is -0.0346. The summed E-state index contributed by atoms with van der Waals surface area (Å²) in [5.41, 5.74) is 6.31. The molecule has 2 rings (SSSR count). The first-order valence-corrected chi connectivity index (χ1v) is 7.23. The van der Waals surface area contributed by atoms with Crippen molar-refractivity contribution in [3.63, 3.8) is 0 Å². The second kappa shape index (κ2) is 5.17. The van der Waals surface area contributed by atoms with Gasteiger partial charge < -0.3 is 11.1 Å². The molecule has 0 aromatic heterocycles. The largest absolute Gasteiger partial charge is 0.355 e. The minimum absolute atomic E-state index is 0.00642. The maximum absolute atomic E-state index is 12.0. The van der Waals surface area contributed by atoms with E-state index in [2.05, 4.69) is 24.1 Å². The fourth-order valence-corrected chi connectivity index (χ4v) is 2.70. The van der Waals surface area contributed by atoms with Crippen LogP contribution < -0.4 is 11.1 Å². The van der Waals surface area contributed by atoms with Crippen molar-refractivity contribution in [2.75, 3.05) is 19.6 Å². The molecule has 104 valence electrons. The van der Waals surface area contributed by atoms with E-state index in [1.807, 2.05) is 6.92 Å². The molecule has 3 N–H and O–H groups in total. The first kappa shape index (κ1) is 13.8. The van der Waals surface area contributed by atoms with Gasteiger partial charge in [-0.15, -0.1) is 0 Å². The summed E-state index contributed by atoms with van der Waals surface area (Å²) in [5.74, 6) is 1.50. The molecule has 1 aliphatic heterocycles. The van der Waals surface area contributed by atoms with E-state index >= 15 is 0 Å². The van der Waals surface area contributed by atoms with Crippen LogP contribution in [0.3, 0.4) is 0 Å². The highest BCUT2D eigenvalue weighted by atomic mass is 16.2. The van der Waals surface area contributed by atoms with Crippen molar-refractivity contribution in [1.29, 1.82) is 0 Å². The van der Waals surface area contributed by atoms with Crippen LogP contribution in [0.1, 0.15) is 40.0 Å². The Labute approximate surface area is 110 Å². The molecule has 0 radical (unpaired) electrons. The summed E-state index contributed by atoms with van der Waals surface area (Å²) >= 11 is 0. The van der Waals surface area contributed by atoms with Crippen LogP contribution in [0.5, 0.6) is 0 Å². The molecule has 2 fully saturated rings. The lowest BCUT2D eigenvalue weighted by molar-refractivity contribution is -0.129. The monoisotopic (exact) mass is 253 g/mol. The molecule has 1 saturated carbocycles. The van der Waals surface area contributed by atoms with Crippen molar-refractivity contribution in [3.8, 4) is 0 Å². The molecule has 4 nitrogen and oxygen atoms in total. The summed E-state index contributed by atoms with van der Waals surface area (Å²) in [6.45, 7) is 8.88. The zero-order valence-electron chi connectivity index (χ0n) is 11.9. The number of nitrogens with two attached hydrogens (primary N) is 1. The predicted octanol–water partition coefficient (Wildman–Crippen LogP) is 0.960. The van der Waals surface area contributed by atoms with Gasteiger partial charge in [-0.05, 0) is 38.0 Å². The van der Waals surface area contributed by atoms with E-state index in [4.69, 9.17) is 5.73 Å². The molecule has 1 saturated heterocycles. The SMILES string of the molecule is CC(C)CCNC(=O)C(C)N1CC(N)(C2CC2)C1. The number of rotatable bonds is 6. The van der Waals surface area contributed by atoms with Crippen molar-refractivity contribution in [2.24, 2.45) is 17.6 Å². The third-order valence-corrected chi connectivity index (χ3v) is 4.33. The number of carbonyl (C=O) groups excluding carboxylic acids is 1. The van der Waals surface area contributed by atoms with Crippen LogP contribution in [0.2, 0.25) is 0 Å². The standard InChI is InChI=1S/C14H27N3O/c1-10(2)6-7-16-13(18)11(3)17-8-14(15,9-17)12-4-5-12/h10-12H,4-9,15H2,1-3H3,(H,16,18). The van der Waals surface area contributed by atoms with E-state index in [9.17, 15) is 4.79 Å². The Morgan fingerprint density at radius 3 is 2.50 bits per heavy atom. The molecule has 4 heteroatoms. The van der Waals surface area contributed by atoms with E-state index in [0.29, 0.717) is 11.8 Å². The Balaban J connectivity index is 1.68. The lowest BCUT2D eigenvalue weighted by Gasteiger charge is -2.50. The number of likely N-dealkylation sites (tertiary alicyclic amines) is 1. The summed E-state index contributed by atoms with van der Waals surface area (Å²) in [4.78, 5) is 14.2. The second-order valence-corrected chi connectivity index (χ2v) is 6.56. The van der Waals surface area contributed by atoms with Gasteiger partial charge in [0, 0.05) is 25.2 Å². The first-order chi connectivity index (χ1) is 8.42. The van der Waals surface area contributed by atoms with E-state index in [0.717, 1.165) is 26.1 Å². The molecule has 1 unspecified atom stereocenters. The summed E-state index contributed by atoms with van der Waals surface area (Å²) in [6.07, 6.45) is 3.60. The molecule has 1 atom stereocenters. The highest BCUT2D eigenvalue weighted by Gasteiger charge is 2.51. The van der Waals surface area contributed by atoms with Crippen LogP contribution in [0.15, 0.2) is 0 Å². The summed E-state index contributed by atoms with van der Waals surface area (Å²) in [5, 5.41) is 3.01. The smallest absolute Gasteiger partial charge is 0.237 e. The quantitative estimate of drug-likeness (QED) is 0.741. The molecule has 0 aromatic rings. The van der Waals surface area contributed by atoms with Crippen molar-refractivity contribution in [2.45, 2.75) is 51.6 Å². The minimum atomic E-state index is -0.0346. The van der Waals surface area contributed by atoms with Gasteiger partial charge >= 0.3 is 0 Å². The third-order valence-electron chi connectivity index (χ3n) is 4.33. The first-order valence-electron chi connectivity index (χ1n) is 7.23. The molecular weight excluding hydrogens is 226 g/mol. The normalized spacial score (nSPS) is 24.7. The van der Waals surface area contributed by atoms with Gasteiger partial charge in [0.05, 0.1) is 6.04 Å². The average Bonchev–Trinajstić information content (AvgIpc) is 3.07. The molecule has 2 aliphatic rings. The van der Waals surface area contributed by atoms with Gasteiger partial charge in [-0.1, -0.05) is 13.8 Å². The van der Waals surface area contributed by atoms with Crippen LogP contribution in [-0.4, -0.2) is 42.0 Å².